The molecule has 8 aromatic carbocycles. The van der Waals surface area contributed by atoms with Gasteiger partial charge in [-0.2, -0.15) is 0 Å². The first kappa shape index (κ1) is 29.6. The van der Waals surface area contributed by atoms with Gasteiger partial charge in [0, 0.05) is 53.4 Å². The zero-order valence-electron chi connectivity index (χ0n) is 28.9. The Morgan fingerprint density at radius 3 is 2.04 bits per heavy atom. The van der Waals surface area contributed by atoms with Crippen LogP contribution in [0.4, 0.5) is 17.1 Å². The second-order valence-electron chi connectivity index (χ2n) is 14.6. The summed E-state index contributed by atoms with van der Waals surface area (Å²) < 4.78 is 8.91. The number of fused-ring (bicyclic) bond motifs is 10. The maximum absolute atomic E-state index is 6.24. The third kappa shape index (κ3) is 4.36. The molecule has 0 atom stereocenters. The molecule has 1 aliphatic carbocycles. The lowest BCUT2D eigenvalue weighted by Gasteiger charge is -2.27. The maximum Gasteiger partial charge on any atom is 0.135 e. The van der Waals surface area contributed by atoms with E-state index in [2.05, 4.69) is 170 Å². The average Bonchev–Trinajstić information content (AvgIpc) is 3.81. The molecule has 0 spiro atoms. The van der Waals surface area contributed by atoms with Gasteiger partial charge in [-0.25, -0.2) is 0 Å². The van der Waals surface area contributed by atoms with Crippen LogP contribution < -0.4 is 4.90 Å². The summed E-state index contributed by atoms with van der Waals surface area (Å²) in [6.45, 7) is 4.67. The molecule has 2 heterocycles. The summed E-state index contributed by atoms with van der Waals surface area (Å²) in [7, 11) is 0. The van der Waals surface area contributed by atoms with Gasteiger partial charge in [0.2, 0.25) is 0 Å². The molecule has 0 N–H and O–H groups in total. The van der Waals surface area contributed by atoms with E-state index in [9.17, 15) is 0 Å². The van der Waals surface area contributed by atoms with Gasteiger partial charge in [0.1, 0.15) is 11.2 Å². The van der Waals surface area contributed by atoms with Gasteiger partial charge >= 0.3 is 0 Å². The van der Waals surface area contributed by atoms with Crippen LogP contribution in [0.1, 0.15) is 25.0 Å². The number of furan rings is 1. The minimum absolute atomic E-state index is 0.0475. The molecule has 11 rings (SSSR count). The van der Waals surface area contributed by atoms with Crippen molar-refractivity contribution < 1.29 is 4.42 Å². The van der Waals surface area contributed by atoms with E-state index in [4.69, 9.17) is 4.42 Å². The topological polar surface area (TPSA) is 16.4 Å². The largest absolute Gasteiger partial charge is 0.456 e. The molecule has 2 nitrogen and oxygen atoms in total. The number of hydrogen-bond donors (Lipinski definition) is 0. The predicted molar refractivity (Wildman–Crippen MR) is 222 cm³/mol. The molecule has 0 aliphatic heterocycles. The van der Waals surface area contributed by atoms with Crippen molar-refractivity contribution in [2.45, 2.75) is 19.3 Å². The lowest BCUT2D eigenvalue weighted by Crippen LogP contribution is -2.15. The van der Waals surface area contributed by atoms with Crippen molar-refractivity contribution in [2.24, 2.45) is 0 Å². The van der Waals surface area contributed by atoms with E-state index in [1.165, 1.54) is 64.3 Å². The fourth-order valence-corrected chi connectivity index (χ4v) is 9.73. The molecule has 0 fully saturated rings. The van der Waals surface area contributed by atoms with E-state index in [-0.39, 0.29) is 5.41 Å². The Morgan fingerprint density at radius 2 is 1.13 bits per heavy atom. The summed E-state index contributed by atoms with van der Waals surface area (Å²) in [6, 6.07) is 60.1. The normalized spacial score (nSPS) is 13.3. The Bertz CT molecular complexity index is 3050. The predicted octanol–water partition coefficient (Wildman–Crippen LogP) is 14.6. The molecule has 0 amide bonds. The van der Waals surface area contributed by atoms with Gasteiger partial charge in [0.15, 0.2) is 0 Å². The molecule has 3 heteroatoms. The van der Waals surface area contributed by atoms with Crippen molar-refractivity contribution in [2.75, 3.05) is 4.90 Å². The lowest BCUT2D eigenvalue weighted by atomic mass is 9.82. The average molecular weight is 684 g/mol. The molecule has 1 aliphatic rings. The van der Waals surface area contributed by atoms with Crippen molar-refractivity contribution in [3.05, 3.63) is 175 Å². The summed E-state index contributed by atoms with van der Waals surface area (Å²) in [4.78, 5) is 2.39. The monoisotopic (exact) mass is 683 g/mol. The Balaban J connectivity index is 1.04. The van der Waals surface area contributed by atoms with Gasteiger partial charge in [0.25, 0.3) is 0 Å². The minimum Gasteiger partial charge on any atom is -0.456 e. The summed E-state index contributed by atoms with van der Waals surface area (Å²) in [5, 5.41) is 7.46. The van der Waals surface area contributed by atoms with E-state index in [0.717, 1.165) is 39.0 Å². The number of nitrogens with zero attached hydrogens (tertiary/aromatic N) is 1. The third-order valence-corrected chi connectivity index (χ3v) is 12.4. The van der Waals surface area contributed by atoms with Gasteiger partial charge in [-0.1, -0.05) is 105 Å². The zero-order valence-corrected chi connectivity index (χ0v) is 29.7. The quantitative estimate of drug-likeness (QED) is 0.184. The second-order valence-corrected chi connectivity index (χ2v) is 15.7. The van der Waals surface area contributed by atoms with Crippen LogP contribution in [-0.4, -0.2) is 0 Å². The summed E-state index contributed by atoms with van der Waals surface area (Å²) in [5.74, 6) is 0. The highest BCUT2D eigenvalue weighted by Gasteiger charge is 2.35. The first-order valence-corrected chi connectivity index (χ1v) is 18.7. The SMILES string of the molecule is CC1(C)c2ccccc2-c2cc(N(c3ccc(-c4ccc5cc6c(cc5c4)sc4ccccc46)cc3)c3ccc4oc5ccccc5c4c3)ccc21. The number of thiophene rings is 1. The summed E-state index contributed by atoms with van der Waals surface area (Å²) >= 11 is 1.87. The highest BCUT2D eigenvalue weighted by atomic mass is 32.1. The first-order chi connectivity index (χ1) is 25.5. The van der Waals surface area contributed by atoms with E-state index in [0.29, 0.717) is 0 Å². The Morgan fingerprint density at radius 1 is 0.442 bits per heavy atom. The van der Waals surface area contributed by atoms with Crippen LogP contribution in [0.3, 0.4) is 0 Å². The van der Waals surface area contributed by atoms with E-state index in [1.807, 2.05) is 23.5 Å². The molecule has 246 valence electrons. The molecule has 0 unspecified atom stereocenters. The van der Waals surface area contributed by atoms with Crippen LogP contribution in [0.15, 0.2) is 168 Å². The number of benzene rings is 8. The highest BCUT2D eigenvalue weighted by molar-refractivity contribution is 7.25. The molecule has 10 aromatic rings. The van der Waals surface area contributed by atoms with Gasteiger partial charge < -0.3 is 9.32 Å². The van der Waals surface area contributed by atoms with Gasteiger partial charge in [-0.3, -0.25) is 0 Å². The van der Waals surface area contributed by atoms with Crippen LogP contribution >= 0.6 is 11.3 Å². The van der Waals surface area contributed by atoms with Gasteiger partial charge in [0.05, 0.1) is 0 Å². The maximum atomic E-state index is 6.24. The van der Waals surface area contributed by atoms with E-state index in [1.54, 1.807) is 0 Å². The lowest BCUT2D eigenvalue weighted by molar-refractivity contribution is 0.660. The molecule has 52 heavy (non-hydrogen) atoms. The van der Waals surface area contributed by atoms with Crippen LogP contribution in [0.5, 0.6) is 0 Å². The number of rotatable bonds is 4. The van der Waals surface area contributed by atoms with Crippen molar-refractivity contribution >= 4 is 81.3 Å². The van der Waals surface area contributed by atoms with Crippen molar-refractivity contribution in [1.29, 1.82) is 0 Å². The van der Waals surface area contributed by atoms with Crippen LogP contribution in [0, 0.1) is 0 Å². The molecular weight excluding hydrogens is 651 g/mol. The number of hydrogen-bond acceptors (Lipinski definition) is 3. The van der Waals surface area contributed by atoms with Crippen LogP contribution in [-0.2, 0) is 5.41 Å². The molecular formula is C49H33NOS. The van der Waals surface area contributed by atoms with Crippen molar-refractivity contribution in [1.82, 2.24) is 0 Å². The first-order valence-electron chi connectivity index (χ1n) is 17.9. The highest BCUT2D eigenvalue weighted by Crippen LogP contribution is 2.51. The Kier molecular flexibility index (Phi) is 6.21. The number of para-hydroxylation sites is 1. The Labute approximate surface area is 305 Å². The molecule has 2 aromatic heterocycles. The van der Waals surface area contributed by atoms with Gasteiger partial charge in [-0.05, 0) is 117 Å². The smallest absolute Gasteiger partial charge is 0.135 e. The standard InChI is InChI=1S/C49H33NOS/c1-49(2)43-12-6-3-9-37(43)40-28-35(21-23-44(40)49)50(36-22-24-46-41(29-36)38-10-4-7-13-45(38)51-46)34-19-17-30(18-20-34)31-15-16-32-26-42-39-11-5-8-14-47(39)52-48(42)27-33(32)25-31/h3-29H,1-2H3. The fourth-order valence-electron chi connectivity index (χ4n) is 8.60. The van der Waals surface area contributed by atoms with Crippen LogP contribution in [0.25, 0.3) is 75.1 Å². The zero-order chi connectivity index (χ0) is 34.6. The third-order valence-electron chi connectivity index (χ3n) is 11.2. The van der Waals surface area contributed by atoms with E-state index >= 15 is 0 Å². The molecule has 0 saturated heterocycles. The van der Waals surface area contributed by atoms with Crippen molar-refractivity contribution in [3.63, 3.8) is 0 Å². The minimum atomic E-state index is -0.0475. The molecule has 0 saturated carbocycles. The van der Waals surface area contributed by atoms with Gasteiger partial charge in [-0.15, -0.1) is 11.3 Å². The second kappa shape index (κ2) is 10.9. The molecule has 0 radical (unpaired) electrons. The van der Waals surface area contributed by atoms with E-state index < -0.39 is 0 Å². The van der Waals surface area contributed by atoms with Crippen molar-refractivity contribution in [3.8, 4) is 22.3 Å². The molecule has 0 bridgehead atoms. The summed E-state index contributed by atoms with van der Waals surface area (Å²) in [5.41, 5.74) is 12.9. The van der Waals surface area contributed by atoms with Crippen LogP contribution in [0.2, 0.25) is 0 Å². The Hall–Kier alpha value is -6.16. The fraction of sp³-hybridized carbons (Fsp3) is 0.0612. The summed E-state index contributed by atoms with van der Waals surface area (Å²) in [6.07, 6.45) is 0. The number of anilines is 3.